The molecule has 0 spiro atoms. The van der Waals surface area contributed by atoms with Gasteiger partial charge in [0.25, 0.3) is 0 Å². The number of pyridine rings is 1. The maximum atomic E-state index is 4.39. The van der Waals surface area contributed by atoms with Crippen LogP contribution in [0, 0.1) is 0 Å². The standard InChI is InChI=1S/C15H14N4/c1-9-7-10-4-5-11(8-13(10)17-9)14-12-3-2-6-16-15(12)19-18-14/h2-6,8-9,17H,7H2,1H3,(H,16,18,19). The Labute approximate surface area is 110 Å². The zero-order chi connectivity index (χ0) is 12.8. The van der Waals surface area contributed by atoms with Gasteiger partial charge in [-0.15, -0.1) is 0 Å². The minimum Gasteiger partial charge on any atom is -0.382 e. The lowest BCUT2D eigenvalue weighted by Crippen LogP contribution is -2.08. The molecule has 4 nitrogen and oxygen atoms in total. The van der Waals surface area contributed by atoms with E-state index < -0.39 is 0 Å². The third-order valence-corrected chi connectivity index (χ3v) is 3.65. The highest BCUT2D eigenvalue weighted by atomic mass is 15.1. The number of rotatable bonds is 1. The molecule has 94 valence electrons. The van der Waals surface area contributed by atoms with Gasteiger partial charge in [0.05, 0.1) is 0 Å². The highest BCUT2D eigenvalue weighted by Crippen LogP contribution is 2.32. The van der Waals surface area contributed by atoms with Gasteiger partial charge < -0.3 is 5.32 Å². The van der Waals surface area contributed by atoms with Gasteiger partial charge >= 0.3 is 0 Å². The Bertz CT molecular complexity index is 760. The second kappa shape index (κ2) is 3.82. The lowest BCUT2D eigenvalue weighted by atomic mass is 10.0. The number of anilines is 1. The smallest absolute Gasteiger partial charge is 0.155 e. The fraction of sp³-hybridized carbons (Fsp3) is 0.200. The normalized spacial score (nSPS) is 17.4. The summed E-state index contributed by atoms with van der Waals surface area (Å²) in [7, 11) is 0. The van der Waals surface area contributed by atoms with Crippen LogP contribution in [0.4, 0.5) is 5.69 Å². The van der Waals surface area contributed by atoms with Crippen molar-refractivity contribution in [3.05, 3.63) is 42.1 Å². The van der Waals surface area contributed by atoms with Crippen LogP contribution in [-0.2, 0) is 6.42 Å². The molecule has 1 aliphatic rings. The molecular weight excluding hydrogens is 236 g/mol. The molecule has 19 heavy (non-hydrogen) atoms. The Hall–Kier alpha value is -2.36. The van der Waals surface area contributed by atoms with E-state index in [0.717, 1.165) is 28.7 Å². The second-order valence-electron chi connectivity index (χ2n) is 5.09. The SMILES string of the molecule is CC1Cc2ccc(-c3n[nH]c4ncccc34)cc2N1. The third kappa shape index (κ3) is 1.60. The second-order valence-corrected chi connectivity index (χ2v) is 5.09. The highest BCUT2D eigenvalue weighted by molar-refractivity contribution is 5.91. The van der Waals surface area contributed by atoms with Crippen LogP contribution < -0.4 is 5.32 Å². The van der Waals surface area contributed by atoms with Crippen molar-refractivity contribution in [1.29, 1.82) is 0 Å². The maximum absolute atomic E-state index is 4.39. The number of fused-ring (bicyclic) bond motifs is 2. The molecule has 1 unspecified atom stereocenters. The Balaban J connectivity index is 1.87. The van der Waals surface area contributed by atoms with Crippen LogP contribution >= 0.6 is 0 Å². The molecular formula is C15H14N4. The van der Waals surface area contributed by atoms with Crippen molar-refractivity contribution >= 4 is 16.7 Å². The first-order chi connectivity index (χ1) is 9.31. The molecule has 1 aromatic carbocycles. The number of nitrogens with one attached hydrogen (secondary N) is 2. The van der Waals surface area contributed by atoms with Crippen LogP contribution in [0.1, 0.15) is 12.5 Å². The molecule has 0 aliphatic carbocycles. The molecule has 2 aromatic heterocycles. The predicted molar refractivity (Wildman–Crippen MR) is 76.1 cm³/mol. The number of H-pyrrole nitrogens is 1. The monoisotopic (exact) mass is 250 g/mol. The zero-order valence-corrected chi connectivity index (χ0v) is 10.6. The summed E-state index contributed by atoms with van der Waals surface area (Å²) < 4.78 is 0. The van der Waals surface area contributed by atoms with Crippen LogP contribution in [0.3, 0.4) is 0 Å². The number of hydrogen-bond acceptors (Lipinski definition) is 3. The topological polar surface area (TPSA) is 53.6 Å². The summed E-state index contributed by atoms with van der Waals surface area (Å²) in [6.07, 6.45) is 2.87. The fourth-order valence-corrected chi connectivity index (χ4v) is 2.76. The van der Waals surface area contributed by atoms with E-state index in [1.54, 1.807) is 6.20 Å². The molecule has 0 radical (unpaired) electrons. The van der Waals surface area contributed by atoms with E-state index in [2.05, 4.69) is 45.6 Å². The summed E-state index contributed by atoms with van der Waals surface area (Å²) in [5, 5.41) is 11.9. The Kier molecular flexibility index (Phi) is 2.12. The van der Waals surface area contributed by atoms with Gasteiger partial charge in [-0.05, 0) is 37.1 Å². The molecule has 4 rings (SSSR count). The van der Waals surface area contributed by atoms with Crippen molar-refractivity contribution in [3.63, 3.8) is 0 Å². The minimum absolute atomic E-state index is 0.517. The predicted octanol–water partition coefficient (Wildman–Crippen LogP) is 2.98. The van der Waals surface area contributed by atoms with Gasteiger partial charge in [0.1, 0.15) is 5.69 Å². The van der Waals surface area contributed by atoms with Crippen molar-refractivity contribution in [2.24, 2.45) is 0 Å². The fourth-order valence-electron chi connectivity index (χ4n) is 2.76. The van der Waals surface area contributed by atoms with E-state index in [-0.39, 0.29) is 0 Å². The van der Waals surface area contributed by atoms with Crippen molar-refractivity contribution in [2.75, 3.05) is 5.32 Å². The van der Waals surface area contributed by atoms with Crippen LogP contribution in [-0.4, -0.2) is 21.2 Å². The minimum atomic E-state index is 0.517. The largest absolute Gasteiger partial charge is 0.382 e. The van der Waals surface area contributed by atoms with Gasteiger partial charge in [0.2, 0.25) is 0 Å². The third-order valence-electron chi connectivity index (χ3n) is 3.65. The quantitative estimate of drug-likeness (QED) is 0.698. The Morgan fingerprint density at radius 2 is 2.21 bits per heavy atom. The maximum Gasteiger partial charge on any atom is 0.155 e. The lowest BCUT2D eigenvalue weighted by Gasteiger charge is -2.04. The number of aromatic amines is 1. The van der Waals surface area contributed by atoms with Gasteiger partial charge in [0, 0.05) is 28.9 Å². The molecule has 0 saturated heterocycles. The van der Waals surface area contributed by atoms with E-state index in [9.17, 15) is 0 Å². The lowest BCUT2D eigenvalue weighted by molar-refractivity contribution is 0.839. The van der Waals surface area contributed by atoms with Gasteiger partial charge in [0.15, 0.2) is 5.65 Å². The number of nitrogens with zero attached hydrogens (tertiary/aromatic N) is 2. The van der Waals surface area contributed by atoms with E-state index >= 15 is 0 Å². The summed E-state index contributed by atoms with van der Waals surface area (Å²) in [5.74, 6) is 0. The summed E-state index contributed by atoms with van der Waals surface area (Å²) in [6.45, 7) is 2.20. The molecule has 0 saturated carbocycles. The molecule has 3 aromatic rings. The summed E-state index contributed by atoms with van der Waals surface area (Å²) in [5.41, 5.74) is 5.53. The van der Waals surface area contributed by atoms with Crippen LogP contribution in [0.5, 0.6) is 0 Å². The number of aromatic nitrogens is 3. The first-order valence-corrected chi connectivity index (χ1v) is 6.50. The van der Waals surface area contributed by atoms with Crippen LogP contribution in [0.25, 0.3) is 22.3 Å². The Morgan fingerprint density at radius 1 is 1.26 bits per heavy atom. The van der Waals surface area contributed by atoms with Crippen LogP contribution in [0.15, 0.2) is 36.5 Å². The summed E-state index contributed by atoms with van der Waals surface area (Å²) in [6, 6.07) is 11.0. The summed E-state index contributed by atoms with van der Waals surface area (Å²) in [4.78, 5) is 4.28. The van der Waals surface area contributed by atoms with Gasteiger partial charge in [-0.3, -0.25) is 5.10 Å². The van der Waals surface area contributed by atoms with Gasteiger partial charge in [-0.25, -0.2) is 4.98 Å². The number of hydrogen-bond donors (Lipinski definition) is 2. The molecule has 0 bridgehead atoms. The molecule has 1 aliphatic heterocycles. The molecule has 4 heteroatoms. The first kappa shape index (κ1) is 10.6. The number of benzene rings is 1. The molecule has 0 fully saturated rings. The average molecular weight is 250 g/mol. The average Bonchev–Trinajstić information content (AvgIpc) is 2.99. The molecule has 3 heterocycles. The Morgan fingerprint density at radius 3 is 3.16 bits per heavy atom. The zero-order valence-electron chi connectivity index (χ0n) is 10.6. The van der Waals surface area contributed by atoms with Crippen molar-refractivity contribution in [2.45, 2.75) is 19.4 Å². The van der Waals surface area contributed by atoms with Gasteiger partial charge in [-0.1, -0.05) is 12.1 Å². The van der Waals surface area contributed by atoms with E-state index in [4.69, 9.17) is 0 Å². The first-order valence-electron chi connectivity index (χ1n) is 6.50. The van der Waals surface area contributed by atoms with Crippen molar-refractivity contribution in [1.82, 2.24) is 15.2 Å². The van der Waals surface area contributed by atoms with E-state index in [1.807, 2.05) is 12.1 Å². The molecule has 1 atom stereocenters. The van der Waals surface area contributed by atoms with Crippen molar-refractivity contribution in [3.8, 4) is 11.3 Å². The van der Waals surface area contributed by atoms with Crippen molar-refractivity contribution < 1.29 is 0 Å². The summed E-state index contributed by atoms with van der Waals surface area (Å²) >= 11 is 0. The highest BCUT2D eigenvalue weighted by Gasteiger charge is 2.18. The van der Waals surface area contributed by atoms with E-state index in [1.165, 1.54) is 11.3 Å². The van der Waals surface area contributed by atoms with E-state index in [0.29, 0.717) is 6.04 Å². The molecule has 2 N–H and O–H groups in total. The van der Waals surface area contributed by atoms with Gasteiger partial charge in [-0.2, -0.15) is 5.10 Å². The molecule has 0 amide bonds. The van der Waals surface area contributed by atoms with Crippen LogP contribution in [0.2, 0.25) is 0 Å².